The van der Waals surface area contributed by atoms with Gasteiger partial charge in [0.25, 0.3) is 0 Å². The van der Waals surface area contributed by atoms with Crippen LogP contribution in [-0.2, 0) is 9.59 Å². The molecular weight excluding hydrogens is 805 g/mol. The monoisotopic (exact) mass is 860 g/mol. The van der Waals surface area contributed by atoms with E-state index >= 15 is 0 Å². The maximum absolute atomic E-state index is 14.5. The largest absolute Gasteiger partial charge is 0.340 e. The summed E-state index contributed by atoms with van der Waals surface area (Å²) < 4.78 is 0. The number of carbonyl (C=O) groups excluding carboxylic acids is 2. The zero-order chi connectivity index (χ0) is 44.6. The smallest absolute Gasteiger partial charge is 0.245 e. The van der Waals surface area contributed by atoms with Crippen molar-refractivity contribution in [3.05, 3.63) is 144 Å². The lowest BCUT2D eigenvalue weighted by Gasteiger charge is -2.36. The van der Waals surface area contributed by atoms with Crippen molar-refractivity contribution in [2.24, 2.45) is 0 Å². The Bertz CT molecular complexity index is 3080. The van der Waals surface area contributed by atoms with Gasteiger partial charge in [-0.2, -0.15) is 0 Å². The van der Waals surface area contributed by atoms with Crippen LogP contribution >= 0.6 is 0 Å². The van der Waals surface area contributed by atoms with Gasteiger partial charge in [-0.05, 0) is 96.3 Å². The van der Waals surface area contributed by atoms with Crippen LogP contribution in [0.4, 0.5) is 0 Å². The van der Waals surface area contributed by atoms with Crippen LogP contribution in [0, 0.1) is 11.8 Å². The number of likely N-dealkylation sites (tertiary alicyclic amines) is 1. The fraction of sp³-hybridized carbons (Fsp3) is 0.309. The first kappa shape index (κ1) is 42.2. The molecule has 0 saturated carbocycles. The van der Waals surface area contributed by atoms with E-state index < -0.39 is 12.1 Å². The van der Waals surface area contributed by atoms with Gasteiger partial charge in [0, 0.05) is 30.3 Å². The molecule has 0 spiro atoms. The number of aromatic nitrogens is 4. The van der Waals surface area contributed by atoms with Gasteiger partial charge < -0.3 is 19.8 Å². The SMILES string of the molecule is CCN(CC)[C@@H](C(=O)N1CCC#C[C@H]1c1nc2c(ccc3cc(-c4ccc5c(ccc6[nH]c([C@@H]7CCCN7C(=O)[C@@H](c7ccccc7)N(CC)CC)nc65)c4)ccc32)[nH]1)c1ccccc1. The summed E-state index contributed by atoms with van der Waals surface area (Å²) in [6, 6.07) is 40.6. The average Bonchev–Trinajstić information content (AvgIpc) is 4.14. The second-order valence-corrected chi connectivity index (χ2v) is 17.3. The molecule has 1 saturated heterocycles. The fourth-order valence-electron chi connectivity index (χ4n) is 10.4. The zero-order valence-electron chi connectivity index (χ0n) is 37.7. The Labute approximate surface area is 380 Å². The van der Waals surface area contributed by atoms with Gasteiger partial charge in [0.2, 0.25) is 11.8 Å². The van der Waals surface area contributed by atoms with Gasteiger partial charge in [0.15, 0.2) is 6.04 Å². The van der Waals surface area contributed by atoms with Gasteiger partial charge in [0.1, 0.15) is 23.7 Å². The number of benzene rings is 6. The van der Waals surface area contributed by atoms with Crippen molar-refractivity contribution < 1.29 is 9.59 Å². The summed E-state index contributed by atoms with van der Waals surface area (Å²) in [5.74, 6) is 8.38. The van der Waals surface area contributed by atoms with Crippen LogP contribution in [0.15, 0.2) is 121 Å². The third-order valence-electron chi connectivity index (χ3n) is 13.8. The summed E-state index contributed by atoms with van der Waals surface area (Å²) in [4.78, 5) is 55.0. The fourth-order valence-corrected chi connectivity index (χ4v) is 10.4. The number of aromatic amines is 2. The average molecular weight is 861 g/mol. The van der Waals surface area contributed by atoms with Crippen LogP contribution in [0.2, 0.25) is 0 Å². The minimum absolute atomic E-state index is 0.0493. The number of carbonyl (C=O) groups is 2. The molecule has 2 aromatic heterocycles. The van der Waals surface area contributed by atoms with E-state index in [1.807, 2.05) is 53.4 Å². The number of amides is 2. The van der Waals surface area contributed by atoms with Crippen LogP contribution < -0.4 is 0 Å². The maximum atomic E-state index is 14.5. The van der Waals surface area contributed by atoms with E-state index in [2.05, 4.69) is 137 Å². The van der Waals surface area contributed by atoms with Gasteiger partial charge in [0.05, 0.1) is 28.1 Å². The van der Waals surface area contributed by atoms with Gasteiger partial charge in [-0.1, -0.05) is 137 Å². The molecule has 10 heteroatoms. The molecule has 2 aliphatic rings. The molecule has 65 heavy (non-hydrogen) atoms. The lowest BCUT2D eigenvalue weighted by Crippen LogP contribution is -2.45. The molecule has 6 aromatic carbocycles. The normalized spacial score (nSPS) is 17.4. The van der Waals surface area contributed by atoms with Crippen molar-refractivity contribution in [2.45, 2.75) is 71.1 Å². The third kappa shape index (κ3) is 7.73. The predicted molar refractivity (Wildman–Crippen MR) is 261 cm³/mol. The highest BCUT2D eigenvalue weighted by Crippen LogP contribution is 2.38. The van der Waals surface area contributed by atoms with Crippen molar-refractivity contribution in [3.8, 4) is 23.0 Å². The maximum Gasteiger partial charge on any atom is 0.245 e. The summed E-state index contributed by atoms with van der Waals surface area (Å²) in [6.45, 7) is 12.8. The number of hydrogen-bond acceptors (Lipinski definition) is 6. The Balaban J connectivity index is 0.924. The molecule has 2 N–H and O–H groups in total. The summed E-state index contributed by atoms with van der Waals surface area (Å²) in [6.07, 6.45) is 2.45. The molecule has 4 atom stereocenters. The first-order chi connectivity index (χ1) is 31.9. The highest BCUT2D eigenvalue weighted by Gasteiger charge is 2.39. The van der Waals surface area contributed by atoms with E-state index in [1.54, 1.807) is 0 Å². The number of nitrogens with zero attached hydrogens (tertiary/aromatic N) is 6. The van der Waals surface area contributed by atoms with E-state index in [9.17, 15) is 9.59 Å². The molecule has 0 radical (unpaired) electrons. The van der Waals surface area contributed by atoms with Gasteiger partial charge in [-0.3, -0.25) is 19.4 Å². The number of H-pyrrole nitrogens is 2. The number of hydrogen-bond donors (Lipinski definition) is 2. The van der Waals surface area contributed by atoms with Crippen LogP contribution in [0.3, 0.4) is 0 Å². The molecule has 0 unspecified atom stereocenters. The van der Waals surface area contributed by atoms with E-state index in [0.29, 0.717) is 18.8 Å². The molecule has 0 aliphatic carbocycles. The van der Waals surface area contributed by atoms with Crippen LogP contribution in [0.1, 0.15) is 93.9 Å². The van der Waals surface area contributed by atoms with Gasteiger partial charge in [-0.25, -0.2) is 9.97 Å². The highest BCUT2D eigenvalue weighted by atomic mass is 16.2. The second-order valence-electron chi connectivity index (χ2n) is 17.3. The van der Waals surface area contributed by atoms with Gasteiger partial charge in [-0.15, -0.1) is 0 Å². The van der Waals surface area contributed by atoms with E-state index in [0.717, 1.165) is 117 Å². The Morgan fingerprint density at radius 2 is 1.14 bits per heavy atom. The van der Waals surface area contributed by atoms with E-state index in [-0.39, 0.29) is 23.9 Å². The predicted octanol–water partition coefficient (Wildman–Crippen LogP) is 10.5. The minimum Gasteiger partial charge on any atom is -0.340 e. The van der Waals surface area contributed by atoms with Crippen molar-refractivity contribution in [1.29, 1.82) is 0 Å². The molecule has 1 fully saturated rings. The van der Waals surface area contributed by atoms with Crippen molar-refractivity contribution >= 4 is 55.4 Å². The summed E-state index contributed by atoms with van der Waals surface area (Å²) >= 11 is 0. The van der Waals surface area contributed by atoms with E-state index in [4.69, 9.17) is 9.97 Å². The molecule has 2 aliphatic heterocycles. The second kappa shape index (κ2) is 18.0. The first-order valence-corrected chi connectivity index (χ1v) is 23.4. The van der Waals surface area contributed by atoms with Crippen LogP contribution in [-0.4, -0.2) is 90.6 Å². The molecule has 0 bridgehead atoms. The number of likely N-dealkylation sites (N-methyl/N-ethyl adjacent to an activating group) is 2. The van der Waals surface area contributed by atoms with Crippen molar-refractivity contribution in [3.63, 3.8) is 0 Å². The Hall–Kier alpha value is -6.80. The van der Waals surface area contributed by atoms with Crippen molar-refractivity contribution in [1.82, 2.24) is 39.5 Å². The quantitative estimate of drug-likeness (QED) is 0.112. The molecule has 328 valence electrons. The van der Waals surface area contributed by atoms with E-state index in [1.165, 1.54) is 0 Å². The molecular formula is C55H56N8O2. The van der Waals surface area contributed by atoms with Crippen LogP contribution in [0.25, 0.3) is 54.7 Å². The highest BCUT2D eigenvalue weighted by molar-refractivity contribution is 6.07. The summed E-state index contributed by atoms with van der Waals surface area (Å²) in [5, 5.41) is 4.31. The standard InChI is InChI=1S/C55H56N8O2/c1-5-60(6-2)50(36-18-11-9-12-19-36)54(64)62-32-16-15-22-46(62)52-56-44-30-26-40-34-38(24-28-42(40)48(44)58-52)39-25-29-43-41(35-39)27-31-45-49(43)59-53(57-45)47-23-17-33-63(47)55(65)51(61(7-3)8-4)37-20-13-10-14-21-37/h9-14,18-21,24-31,34-35,46-47,50-51H,5-8,16-17,23,32-33H2,1-4H3,(H,56,58)(H,57,59)/t46-,47-,50+,51+/m0/s1. The summed E-state index contributed by atoms with van der Waals surface area (Å²) in [5.41, 5.74) is 7.93. The Kier molecular flexibility index (Phi) is 11.7. The molecule has 10 rings (SSSR count). The minimum atomic E-state index is -0.474. The number of nitrogens with one attached hydrogen (secondary N) is 2. The lowest BCUT2D eigenvalue weighted by molar-refractivity contribution is -0.139. The first-order valence-electron chi connectivity index (χ1n) is 23.4. The number of imidazole rings is 2. The van der Waals surface area contributed by atoms with Crippen molar-refractivity contribution in [2.75, 3.05) is 39.3 Å². The molecule has 2 amide bonds. The Morgan fingerprint density at radius 3 is 1.68 bits per heavy atom. The molecule has 10 nitrogen and oxygen atoms in total. The Morgan fingerprint density at radius 1 is 0.631 bits per heavy atom. The topological polar surface area (TPSA) is 104 Å². The third-order valence-corrected chi connectivity index (χ3v) is 13.8. The zero-order valence-corrected chi connectivity index (χ0v) is 37.7. The van der Waals surface area contributed by atoms with Gasteiger partial charge >= 0.3 is 0 Å². The number of rotatable bonds is 13. The van der Waals surface area contributed by atoms with Crippen LogP contribution in [0.5, 0.6) is 0 Å². The molecule has 8 aromatic rings. The lowest BCUT2D eigenvalue weighted by atomic mass is 9.98. The molecule has 4 heterocycles. The summed E-state index contributed by atoms with van der Waals surface area (Å²) in [7, 11) is 0. The number of fused-ring (bicyclic) bond motifs is 6.